The molecule has 1 N–H and O–H groups in total. The quantitative estimate of drug-likeness (QED) is 0.634. The van der Waals surface area contributed by atoms with Crippen molar-refractivity contribution in [2.45, 2.75) is 6.10 Å². The molecule has 0 spiro atoms. The lowest BCUT2D eigenvalue weighted by atomic mass is 10.1. The molecule has 0 aliphatic heterocycles. The fraction of sp³-hybridized carbons (Fsp3) is 0.0909. The second-order valence-corrected chi connectivity index (χ2v) is 3.27. The third kappa shape index (κ3) is 1.94. The zero-order valence-electron chi connectivity index (χ0n) is 8.24. The van der Waals surface area contributed by atoms with Crippen LogP contribution < -0.4 is 0 Å². The van der Waals surface area contributed by atoms with Crippen LogP contribution in [0.3, 0.4) is 0 Å². The summed E-state index contributed by atoms with van der Waals surface area (Å²) in [4.78, 5) is 9.95. The molecule has 0 fully saturated rings. The van der Waals surface area contributed by atoms with Crippen molar-refractivity contribution in [2.24, 2.45) is 0 Å². The van der Waals surface area contributed by atoms with Gasteiger partial charge in [-0.05, 0) is 29.8 Å². The molecule has 0 radical (unpaired) electrons. The molecule has 1 atom stereocenters. The molecule has 0 bridgehead atoms. The van der Waals surface area contributed by atoms with Crippen molar-refractivity contribution in [3.05, 3.63) is 64.1 Å². The standard InChI is InChI=1S/C11H9NO4/c13-11(10-2-1-7-16-10)8-3-5-9(6-4-8)12(14)15/h1-7,11,13H. The topological polar surface area (TPSA) is 76.5 Å². The highest BCUT2D eigenvalue weighted by Crippen LogP contribution is 2.23. The van der Waals surface area contributed by atoms with E-state index in [0.29, 0.717) is 11.3 Å². The van der Waals surface area contributed by atoms with Crippen LogP contribution >= 0.6 is 0 Å². The highest BCUT2D eigenvalue weighted by molar-refractivity contribution is 5.35. The van der Waals surface area contributed by atoms with E-state index >= 15 is 0 Å². The Bertz CT molecular complexity index is 475. The van der Waals surface area contributed by atoms with Crippen molar-refractivity contribution in [3.63, 3.8) is 0 Å². The fourth-order valence-corrected chi connectivity index (χ4v) is 1.39. The van der Waals surface area contributed by atoms with E-state index in [9.17, 15) is 15.2 Å². The van der Waals surface area contributed by atoms with Crippen LogP contribution in [-0.2, 0) is 0 Å². The smallest absolute Gasteiger partial charge is 0.269 e. The number of non-ortho nitro benzene ring substituents is 1. The van der Waals surface area contributed by atoms with Gasteiger partial charge in [0.1, 0.15) is 11.9 Å². The molecular weight excluding hydrogens is 210 g/mol. The van der Waals surface area contributed by atoms with Gasteiger partial charge in [0, 0.05) is 12.1 Å². The van der Waals surface area contributed by atoms with E-state index in [4.69, 9.17) is 4.42 Å². The second-order valence-electron chi connectivity index (χ2n) is 3.27. The summed E-state index contributed by atoms with van der Waals surface area (Å²) >= 11 is 0. The van der Waals surface area contributed by atoms with Crippen molar-refractivity contribution < 1.29 is 14.4 Å². The SMILES string of the molecule is O=[N+]([O-])c1ccc(C(O)c2ccco2)cc1. The Hall–Kier alpha value is -2.14. The minimum Gasteiger partial charge on any atom is -0.466 e. The lowest BCUT2D eigenvalue weighted by molar-refractivity contribution is -0.384. The summed E-state index contributed by atoms with van der Waals surface area (Å²) < 4.78 is 5.04. The highest BCUT2D eigenvalue weighted by Gasteiger charge is 2.14. The molecule has 5 heteroatoms. The summed E-state index contributed by atoms with van der Waals surface area (Å²) in [5, 5.41) is 20.3. The Labute approximate surface area is 91.1 Å². The zero-order valence-corrected chi connectivity index (χ0v) is 8.24. The van der Waals surface area contributed by atoms with Crippen molar-refractivity contribution in [3.8, 4) is 0 Å². The summed E-state index contributed by atoms with van der Waals surface area (Å²) in [5.41, 5.74) is 0.552. The van der Waals surface area contributed by atoms with Gasteiger partial charge in [-0.25, -0.2) is 0 Å². The molecule has 0 aliphatic carbocycles. The molecule has 2 rings (SSSR count). The number of nitrogens with zero attached hydrogens (tertiary/aromatic N) is 1. The van der Waals surface area contributed by atoms with Crippen LogP contribution in [-0.4, -0.2) is 10.0 Å². The summed E-state index contributed by atoms with van der Waals surface area (Å²) in [6.07, 6.45) is 0.569. The Morgan fingerprint density at radius 2 is 1.94 bits per heavy atom. The lowest BCUT2D eigenvalue weighted by Crippen LogP contribution is -1.98. The average molecular weight is 219 g/mol. The number of hydrogen-bond donors (Lipinski definition) is 1. The van der Waals surface area contributed by atoms with Gasteiger partial charge in [-0.1, -0.05) is 0 Å². The van der Waals surface area contributed by atoms with Gasteiger partial charge in [0.15, 0.2) is 0 Å². The van der Waals surface area contributed by atoms with E-state index in [1.54, 1.807) is 12.1 Å². The van der Waals surface area contributed by atoms with Crippen LogP contribution in [0.2, 0.25) is 0 Å². The van der Waals surface area contributed by atoms with Crippen LogP contribution in [0.5, 0.6) is 0 Å². The monoisotopic (exact) mass is 219 g/mol. The largest absolute Gasteiger partial charge is 0.466 e. The number of nitro benzene ring substituents is 1. The van der Waals surface area contributed by atoms with Gasteiger partial charge in [-0.3, -0.25) is 10.1 Å². The van der Waals surface area contributed by atoms with Crippen LogP contribution in [0.4, 0.5) is 5.69 Å². The van der Waals surface area contributed by atoms with E-state index in [1.807, 2.05) is 0 Å². The highest BCUT2D eigenvalue weighted by atomic mass is 16.6. The number of nitro groups is 1. The maximum Gasteiger partial charge on any atom is 0.269 e. The maximum atomic E-state index is 10.4. The predicted molar refractivity (Wildman–Crippen MR) is 55.9 cm³/mol. The first-order chi connectivity index (χ1) is 7.68. The molecule has 82 valence electrons. The van der Waals surface area contributed by atoms with Crippen LogP contribution in [0.1, 0.15) is 17.4 Å². The minimum absolute atomic E-state index is 0.00426. The molecule has 0 saturated carbocycles. The van der Waals surface area contributed by atoms with Gasteiger partial charge in [0.2, 0.25) is 0 Å². The van der Waals surface area contributed by atoms with Crippen LogP contribution in [0.25, 0.3) is 0 Å². The Morgan fingerprint density at radius 3 is 2.44 bits per heavy atom. The van der Waals surface area contributed by atoms with Crippen molar-refractivity contribution >= 4 is 5.69 Å². The lowest BCUT2D eigenvalue weighted by Gasteiger charge is -2.07. The van der Waals surface area contributed by atoms with E-state index in [1.165, 1.54) is 30.5 Å². The first-order valence-electron chi connectivity index (χ1n) is 4.64. The number of furan rings is 1. The Balaban J connectivity index is 2.25. The van der Waals surface area contributed by atoms with Gasteiger partial charge >= 0.3 is 0 Å². The molecule has 2 aromatic rings. The average Bonchev–Trinajstić information content (AvgIpc) is 2.81. The first kappa shape index (κ1) is 10.4. The third-order valence-corrected chi connectivity index (χ3v) is 2.23. The van der Waals surface area contributed by atoms with Gasteiger partial charge in [-0.2, -0.15) is 0 Å². The number of hydrogen-bond acceptors (Lipinski definition) is 4. The Morgan fingerprint density at radius 1 is 1.25 bits per heavy atom. The van der Waals surface area contributed by atoms with E-state index < -0.39 is 11.0 Å². The molecule has 0 saturated heterocycles. The molecule has 0 aliphatic rings. The number of benzene rings is 1. The van der Waals surface area contributed by atoms with Crippen LogP contribution in [0.15, 0.2) is 47.1 Å². The maximum absolute atomic E-state index is 10.4. The van der Waals surface area contributed by atoms with Gasteiger partial charge in [0.25, 0.3) is 5.69 Å². The second kappa shape index (κ2) is 4.16. The number of aliphatic hydroxyl groups excluding tert-OH is 1. The summed E-state index contributed by atoms with van der Waals surface area (Å²) in [5.74, 6) is 0.411. The third-order valence-electron chi connectivity index (χ3n) is 2.23. The minimum atomic E-state index is -0.893. The van der Waals surface area contributed by atoms with Crippen molar-refractivity contribution in [1.82, 2.24) is 0 Å². The predicted octanol–water partition coefficient (Wildman–Crippen LogP) is 2.27. The van der Waals surface area contributed by atoms with Crippen molar-refractivity contribution in [2.75, 3.05) is 0 Å². The zero-order chi connectivity index (χ0) is 11.5. The Kier molecular flexibility index (Phi) is 2.70. The normalized spacial score (nSPS) is 12.3. The van der Waals surface area contributed by atoms with Gasteiger partial charge in [-0.15, -0.1) is 0 Å². The van der Waals surface area contributed by atoms with E-state index in [-0.39, 0.29) is 5.69 Å². The summed E-state index contributed by atoms with van der Waals surface area (Å²) in [7, 11) is 0. The molecule has 16 heavy (non-hydrogen) atoms. The summed E-state index contributed by atoms with van der Waals surface area (Å²) in [6.45, 7) is 0. The fourth-order valence-electron chi connectivity index (χ4n) is 1.39. The van der Waals surface area contributed by atoms with Crippen molar-refractivity contribution in [1.29, 1.82) is 0 Å². The molecular formula is C11H9NO4. The van der Waals surface area contributed by atoms with Gasteiger partial charge in [0.05, 0.1) is 11.2 Å². The van der Waals surface area contributed by atoms with E-state index in [0.717, 1.165) is 0 Å². The van der Waals surface area contributed by atoms with Crippen LogP contribution in [0, 0.1) is 10.1 Å². The molecule has 1 heterocycles. The van der Waals surface area contributed by atoms with Gasteiger partial charge < -0.3 is 9.52 Å². The molecule has 5 nitrogen and oxygen atoms in total. The molecule has 1 aromatic carbocycles. The summed E-state index contributed by atoms with van der Waals surface area (Å²) in [6, 6.07) is 9.02. The molecule has 1 unspecified atom stereocenters. The molecule has 0 amide bonds. The number of aliphatic hydroxyl groups is 1. The number of rotatable bonds is 3. The van der Waals surface area contributed by atoms with E-state index in [2.05, 4.69) is 0 Å². The first-order valence-corrected chi connectivity index (χ1v) is 4.64. The molecule has 1 aromatic heterocycles.